The maximum Gasteiger partial charge on any atom is 0.240 e. The largest absolute Gasteiger partial charge is 0.325 e. The predicted octanol–water partition coefficient (Wildman–Crippen LogP) is 3.55. The lowest BCUT2D eigenvalue weighted by molar-refractivity contribution is -0.116. The number of thioether (sulfide) groups is 1. The van der Waals surface area contributed by atoms with E-state index < -0.39 is 0 Å². The average Bonchev–Trinajstić information content (AvgIpc) is 3.10. The summed E-state index contributed by atoms with van der Waals surface area (Å²) in [6.07, 6.45) is 0.766. The zero-order chi connectivity index (χ0) is 18.8. The van der Waals surface area contributed by atoms with Gasteiger partial charge in [0, 0.05) is 12.1 Å². The first-order chi connectivity index (χ1) is 13.2. The Morgan fingerprint density at radius 1 is 1.19 bits per heavy atom. The van der Waals surface area contributed by atoms with Crippen molar-refractivity contribution >= 4 is 23.4 Å². The van der Waals surface area contributed by atoms with Gasteiger partial charge >= 0.3 is 0 Å². The van der Waals surface area contributed by atoms with Crippen LogP contribution in [0.2, 0.25) is 0 Å². The molecule has 27 heavy (non-hydrogen) atoms. The topological polar surface area (TPSA) is 71.8 Å². The van der Waals surface area contributed by atoms with E-state index in [1.54, 1.807) is 0 Å². The van der Waals surface area contributed by atoms with Crippen LogP contribution in [0.1, 0.15) is 29.9 Å². The molecule has 2 atom stereocenters. The SMILES string of the molecule is CCc1nnc2n1N[C@H](c1ccccc1)[C@@H](C(=O)Nc1cccc(C)c1)S2. The minimum absolute atomic E-state index is 0.0562. The zero-order valence-corrected chi connectivity index (χ0v) is 16.0. The fourth-order valence-electron chi connectivity index (χ4n) is 3.17. The van der Waals surface area contributed by atoms with Crippen molar-refractivity contribution in [2.75, 3.05) is 10.7 Å². The van der Waals surface area contributed by atoms with Crippen molar-refractivity contribution in [3.8, 4) is 0 Å². The van der Waals surface area contributed by atoms with Crippen LogP contribution < -0.4 is 10.7 Å². The molecule has 6 nitrogen and oxygen atoms in total. The molecule has 1 amide bonds. The van der Waals surface area contributed by atoms with Gasteiger partial charge in [0.25, 0.3) is 0 Å². The number of benzene rings is 2. The van der Waals surface area contributed by atoms with Crippen LogP contribution in [0.3, 0.4) is 0 Å². The van der Waals surface area contributed by atoms with Gasteiger partial charge in [0.15, 0.2) is 5.82 Å². The van der Waals surface area contributed by atoms with Crippen LogP contribution in [0.25, 0.3) is 0 Å². The Kier molecular flexibility index (Phi) is 4.85. The summed E-state index contributed by atoms with van der Waals surface area (Å²) in [6, 6.07) is 17.6. The molecule has 3 aromatic rings. The second-order valence-corrected chi connectivity index (χ2v) is 7.61. The molecule has 0 saturated carbocycles. The Morgan fingerprint density at radius 3 is 2.74 bits per heavy atom. The summed E-state index contributed by atoms with van der Waals surface area (Å²) < 4.78 is 1.90. The van der Waals surface area contributed by atoms with Crippen LogP contribution in [0.4, 0.5) is 5.69 Å². The molecule has 0 saturated heterocycles. The molecule has 0 fully saturated rings. The van der Waals surface area contributed by atoms with E-state index in [1.165, 1.54) is 11.8 Å². The second kappa shape index (κ2) is 7.44. The van der Waals surface area contributed by atoms with Gasteiger partial charge in [-0.2, -0.15) is 0 Å². The molecular weight excluding hydrogens is 358 g/mol. The number of nitrogens with zero attached hydrogens (tertiary/aromatic N) is 3. The lowest BCUT2D eigenvalue weighted by Crippen LogP contribution is -2.41. The molecule has 1 aliphatic heterocycles. The third-order valence-electron chi connectivity index (χ3n) is 4.52. The van der Waals surface area contributed by atoms with Crippen molar-refractivity contribution < 1.29 is 4.79 Å². The number of amides is 1. The molecule has 1 aromatic heterocycles. The van der Waals surface area contributed by atoms with Crippen LogP contribution in [0.5, 0.6) is 0 Å². The summed E-state index contributed by atoms with van der Waals surface area (Å²) >= 11 is 1.44. The van der Waals surface area contributed by atoms with Crippen molar-refractivity contribution in [2.24, 2.45) is 0 Å². The smallest absolute Gasteiger partial charge is 0.240 e. The first kappa shape index (κ1) is 17.6. The normalized spacial score (nSPS) is 18.4. The highest BCUT2D eigenvalue weighted by atomic mass is 32.2. The third kappa shape index (κ3) is 3.55. The number of aromatic nitrogens is 3. The van der Waals surface area contributed by atoms with Gasteiger partial charge in [0.1, 0.15) is 5.25 Å². The molecule has 2 N–H and O–H groups in total. The van der Waals surface area contributed by atoms with E-state index in [0.717, 1.165) is 29.1 Å². The summed E-state index contributed by atoms with van der Waals surface area (Å²) in [5.41, 5.74) is 6.41. The van der Waals surface area contributed by atoms with Crippen molar-refractivity contribution in [3.05, 3.63) is 71.5 Å². The molecular formula is C20H21N5OS. The van der Waals surface area contributed by atoms with Gasteiger partial charge in [-0.15, -0.1) is 10.2 Å². The Balaban J connectivity index is 1.66. The number of hydrogen-bond donors (Lipinski definition) is 2. The van der Waals surface area contributed by atoms with Gasteiger partial charge < -0.3 is 10.7 Å². The average molecular weight is 379 g/mol. The minimum Gasteiger partial charge on any atom is -0.325 e. The van der Waals surface area contributed by atoms with Crippen molar-refractivity contribution in [1.29, 1.82) is 0 Å². The first-order valence-electron chi connectivity index (χ1n) is 8.95. The number of nitrogens with one attached hydrogen (secondary N) is 2. The van der Waals surface area contributed by atoms with Crippen LogP contribution in [-0.2, 0) is 11.2 Å². The number of hydrogen-bond acceptors (Lipinski definition) is 5. The standard InChI is InChI=1S/C20H21N5OS/c1-3-16-22-23-20-25(16)24-17(14-9-5-4-6-10-14)18(27-20)19(26)21-15-11-7-8-13(2)12-15/h4-12,17-18,24H,3H2,1-2H3,(H,21,26)/t17-,18+/m1/s1. The van der Waals surface area contributed by atoms with E-state index in [4.69, 9.17) is 0 Å². The van der Waals surface area contributed by atoms with Gasteiger partial charge in [-0.25, -0.2) is 4.68 Å². The molecule has 0 bridgehead atoms. The van der Waals surface area contributed by atoms with E-state index in [2.05, 4.69) is 20.9 Å². The highest BCUT2D eigenvalue weighted by Crippen LogP contribution is 2.37. The molecule has 2 heterocycles. The van der Waals surface area contributed by atoms with E-state index in [0.29, 0.717) is 5.16 Å². The Labute approximate surface area is 162 Å². The van der Waals surface area contributed by atoms with Gasteiger partial charge in [0.05, 0.1) is 6.04 Å². The monoisotopic (exact) mass is 379 g/mol. The molecule has 4 rings (SSSR count). The van der Waals surface area contributed by atoms with E-state index in [-0.39, 0.29) is 17.2 Å². The minimum atomic E-state index is -0.366. The lowest BCUT2D eigenvalue weighted by Gasteiger charge is -2.33. The number of rotatable bonds is 4. The fraction of sp³-hybridized carbons (Fsp3) is 0.250. The zero-order valence-electron chi connectivity index (χ0n) is 15.2. The van der Waals surface area contributed by atoms with E-state index in [9.17, 15) is 4.79 Å². The molecule has 0 aliphatic carbocycles. The van der Waals surface area contributed by atoms with Gasteiger partial charge in [-0.1, -0.05) is 61.2 Å². The summed E-state index contributed by atoms with van der Waals surface area (Å²) in [6.45, 7) is 4.05. The molecule has 0 spiro atoms. The van der Waals surface area contributed by atoms with Crippen LogP contribution in [0.15, 0.2) is 59.8 Å². The van der Waals surface area contributed by atoms with Crippen molar-refractivity contribution in [2.45, 2.75) is 36.7 Å². The molecule has 7 heteroatoms. The number of anilines is 1. The highest BCUT2D eigenvalue weighted by Gasteiger charge is 2.37. The Morgan fingerprint density at radius 2 is 2.00 bits per heavy atom. The summed E-state index contributed by atoms with van der Waals surface area (Å²) in [7, 11) is 0. The molecule has 2 aromatic carbocycles. The van der Waals surface area contributed by atoms with E-state index in [1.807, 2.05) is 73.1 Å². The Hall–Kier alpha value is -2.80. The fourth-order valence-corrected chi connectivity index (χ4v) is 4.27. The molecule has 138 valence electrons. The second-order valence-electron chi connectivity index (χ2n) is 6.50. The number of fused-ring (bicyclic) bond motifs is 1. The van der Waals surface area contributed by atoms with Crippen LogP contribution in [-0.4, -0.2) is 26.0 Å². The van der Waals surface area contributed by atoms with Crippen LogP contribution >= 0.6 is 11.8 Å². The number of carbonyl (C=O) groups excluding carboxylic acids is 1. The van der Waals surface area contributed by atoms with Crippen LogP contribution in [0, 0.1) is 6.92 Å². The van der Waals surface area contributed by atoms with E-state index >= 15 is 0 Å². The highest BCUT2D eigenvalue weighted by molar-refractivity contribution is 8.00. The summed E-state index contributed by atoms with van der Waals surface area (Å²) in [5, 5.41) is 11.9. The maximum absolute atomic E-state index is 13.1. The summed E-state index contributed by atoms with van der Waals surface area (Å²) in [4.78, 5) is 13.1. The van der Waals surface area contributed by atoms with Crippen molar-refractivity contribution in [1.82, 2.24) is 14.9 Å². The third-order valence-corrected chi connectivity index (χ3v) is 5.74. The van der Waals surface area contributed by atoms with Gasteiger partial charge in [-0.05, 0) is 30.2 Å². The predicted molar refractivity (Wildman–Crippen MR) is 107 cm³/mol. The number of aryl methyl sites for hydroxylation is 2. The quantitative estimate of drug-likeness (QED) is 0.725. The maximum atomic E-state index is 13.1. The molecule has 0 unspecified atom stereocenters. The lowest BCUT2D eigenvalue weighted by atomic mass is 10.0. The first-order valence-corrected chi connectivity index (χ1v) is 9.83. The van der Waals surface area contributed by atoms with Gasteiger partial charge in [-0.3, -0.25) is 4.79 Å². The Bertz CT molecular complexity index is 956. The molecule has 1 aliphatic rings. The van der Waals surface area contributed by atoms with Gasteiger partial charge in [0.2, 0.25) is 11.1 Å². The summed E-state index contributed by atoms with van der Waals surface area (Å²) in [5.74, 6) is 0.801. The molecule has 0 radical (unpaired) electrons. The van der Waals surface area contributed by atoms with Crippen molar-refractivity contribution in [3.63, 3.8) is 0 Å². The number of carbonyl (C=O) groups is 1.